The highest BCUT2D eigenvalue weighted by Crippen LogP contribution is 1.91. The van der Waals surface area contributed by atoms with Crippen molar-refractivity contribution in [1.82, 2.24) is 5.32 Å². The Kier molecular flexibility index (Phi) is 4.80. The number of nitriles is 1. The van der Waals surface area contributed by atoms with Gasteiger partial charge in [-0.3, -0.25) is 9.59 Å². The molecule has 0 aromatic heterocycles. The van der Waals surface area contributed by atoms with Gasteiger partial charge in [0, 0.05) is 12.0 Å². The van der Waals surface area contributed by atoms with Crippen molar-refractivity contribution in [3.63, 3.8) is 0 Å². The summed E-state index contributed by atoms with van der Waals surface area (Å²) in [4.78, 5) is 21.8. The van der Waals surface area contributed by atoms with E-state index in [1.807, 2.05) is 5.32 Å². The SMILES string of the molecule is CCS(C)(=O)=NC(=O)C(=O)NCC#N. The molecule has 1 atom stereocenters. The lowest BCUT2D eigenvalue weighted by Crippen LogP contribution is -2.30. The van der Waals surface area contributed by atoms with E-state index in [2.05, 4.69) is 4.36 Å². The first-order chi connectivity index (χ1) is 6.43. The average molecular weight is 217 g/mol. The van der Waals surface area contributed by atoms with Gasteiger partial charge in [0.25, 0.3) is 0 Å². The van der Waals surface area contributed by atoms with Gasteiger partial charge in [-0.15, -0.1) is 0 Å². The maximum absolute atomic E-state index is 11.3. The van der Waals surface area contributed by atoms with E-state index in [1.54, 1.807) is 13.0 Å². The first kappa shape index (κ1) is 12.6. The van der Waals surface area contributed by atoms with Crippen LogP contribution in [-0.2, 0) is 19.3 Å². The normalized spacial score (nSPS) is 13.5. The molecule has 0 rings (SSSR count). The second-order valence-corrected chi connectivity index (χ2v) is 5.16. The van der Waals surface area contributed by atoms with Crippen molar-refractivity contribution in [1.29, 1.82) is 5.26 Å². The van der Waals surface area contributed by atoms with Crippen LogP contribution in [0.15, 0.2) is 4.36 Å². The van der Waals surface area contributed by atoms with Crippen LogP contribution in [0.4, 0.5) is 0 Å². The Labute approximate surface area is 82.5 Å². The smallest absolute Gasteiger partial charge is 0.335 e. The van der Waals surface area contributed by atoms with E-state index >= 15 is 0 Å². The minimum absolute atomic E-state index is 0.199. The lowest BCUT2D eigenvalue weighted by atomic mass is 10.5. The lowest BCUT2D eigenvalue weighted by molar-refractivity contribution is -0.136. The second-order valence-electron chi connectivity index (χ2n) is 2.49. The van der Waals surface area contributed by atoms with Crippen LogP contribution in [0.1, 0.15) is 6.92 Å². The molecule has 0 radical (unpaired) electrons. The van der Waals surface area contributed by atoms with E-state index in [0.717, 1.165) is 0 Å². The van der Waals surface area contributed by atoms with Crippen LogP contribution >= 0.6 is 0 Å². The number of amides is 2. The molecular weight excluding hydrogens is 206 g/mol. The highest BCUT2D eigenvalue weighted by atomic mass is 32.2. The summed E-state index contributed by atoms with van der Waals surface area (Å²) in [7, 11) is -2.61. The molecule has 0 saturated heterocycles. The Hall–Kier alpha value is -1.42. The van der Waals surface area contributed by atoms with Gasteiger partial charge >= 0.3 is 11.8 Å². The summed E-state index contributed by atoms with van der Waals surface area (Å²) in [5, 5.41) is 10.1. The summed E-state index contributed by atoms with van der Waals surface area (Å²) >= 11 is 0. The Balaban J connectivity index is 4.53. The lowest BCUT2D eigenvalue weighted by Gasteiger charge is -1.98. The van der Waals surface area contributed by atoms with Gasteiger partial charge in [0.1, 0.15) is 6.54 Å². The Bertz CT molecular complexity index is 387. The summed E-state index contributed by atoms with van der Waals surface area (Å²) in [6.07, 6.45) is 1.29. The van der Waals surface area contributed by atoms with Crippen molar-refractivity contribution in [2.75, 3.05) is 18.6 Å². The van der Waals surface area contributed by atoms with E-state index in [0.29, 0.717) is 0 Å². The molecule has 0 aromatic carbocycles. The summed E-state index contributed by atoms with van der Waals surface area (Å²) in [6, 6.07) is 1.63. The third-order valence-corrected chi connectivity index (χ3v) is 2.96. The monoisotopic (exact) mass is 217 g/mol. The summed E-state index contributed by atoms with van der Waals surface area (Å²) < 4.78 is 14.6. The van der Waals surface area contributed by atoms with Gasteiger partial charge in [-0.05, 0) is 0 Å². The maximum Gasteiger partial charge on any atom is 0.343 e. The predicted molar refractivity (Wildman–Crippen MR) is 50.7 cm³/mol. The highest BCUT2D eigenvalue weighted by molar-refractivity contribution is 7.93. The first-order valence-corrected chi connectivity index (χ1v) is 5.91. The fourth-order valence-corrected chi connectivity index (χ4v) is 1.04. The van der Waals surface area contributed by atoms with Gasteiger partial charge < -0.3 is 5.32 Å². The van der Waals surface area contributed by atoms with Crippen molar-refractivity contribution < 1.29 is 13.8 Å². The minimum Gasteiger partial charge on any atom is -0.335 e. The molecule has 1 N–H and O–H groups in total. The van der Waals surface area contributed by atoms with E-state index in [1.165, 1.54) is 6.26 Å². The van der Waals surface area contributed by atoms with E-state index < -0.39 is 21.5 Å². The predicted octanol–water partition coefficient (Wildman–Crippen LogP) is -0.730. The standard InChI is InChI=1S/C7H11N3O3S/c1-3-14(2,13)10-7(12)6(11)9-5-4-8/h3,5H2,1-2H3,(H,9,11). The van der Waals surface area contributed by atoms with Crippen LogP contribution < -0.4 is 5.32 Å². The average Bonchev–Trinajstić information content (AvgIpc) is 2.13. The van der Waals surface area contributed by atoms with Gasteiger partial charge in [-0.1, -0.05) is 6.92 Å². The highest BCUT2D eigenvalue weighted by Gasteiger charge is 2.13. The zero-order chi connectivity index (χ0) is 11.2. The molecule has 0 aliphatic carbocycles. The molecule has 14 heavy (non-hydrogen) atoms. The number of hydrogen-bond donors (Lipinski definition) is 1. The summed E-state index contributed by atoms with van der Waals surface area (Å²) in [5.74, 6) is -1.91. The number of nitrogens with one attached hydrogen (secondary N) is 1. The van der Waals surface area contributed by atoms with Crippen molar-refractivity contribution in [3.05, 3.63) is 0 Å². The van der Waals surface area contributed by atoms with Gasteiger partial charge in [0.15, 0.2) is 0 Å². The molecule has 7 heteroatoms. The Morgan fingerprint density at radius 2 is 2.14 bits per heavy atom. The van der Waals surface area contributed by atoms with Crippen LogP contribution in [-0.4, -0.2) is 34.6 Å². The Morgan fingerprint density at radius 3 is 2.57 bits per heavy atom. The van der Waals surface area contributed by atoms with Crippen LogP contribution in [0.3, 0.4) is 0 Å². The molecule has 0 aromatic rings. The quantitative estimate of drug-likeness (QED) is 0.487. The molecule has 6 nitrogen and oxygen atoms in total. The van der Waals surface area contributed by atoms with E-state index in [-0.39, 0.29) is 12.3 Å². The number of rotatable bonds is 2. The third kappa shape index (κ3) is 4.57. The molecule has 0 bridgehead atoms. The maximum atomic E-state index is 11.3. The van der Waals surface area contributed by atoms with Gasteiger partial charge in [-0.2, -0.15) is 9.62 Å². The zero-order valence-electron chi connectivity index (χ0n) is 7.94. The van der Waals surface area contributed by atoms with Crippen LogP contribution in [0.25, 0.3) is 0 Å². The molecular formula is C7H11N3O3S. The van der Waals surface area contributed by atoms with E-state index in [4.69, 9.17) is 5.26 Å². The Morgan fingerprint density at radius 1 is 1.57 bits per heavy atom. The fourth-order valence-electron chi connectivity index (χ4n) is 0.477. The topological polar surface area (TPSA) is 99.4 Å². The number of nitrogens with zero attached hydrogens (tertiary/aromatic N) is 2. The van der Waals surface area contributed by atoms with Crippen LogP contribution in [0, 0.1) is 11.3 Å². The van der Waals surface area contributed by atoms with Crippen LogP contribution in [0.5, 0.6) is 0 Å². The molecule has 2 amide bonds. The second kappa shape index (κ2) is 5.34. The molecule has 0 aliphatic heterocycles. The molecule has 0 heterocycles. The van der Waals surface area contributed by atoms with Crippen molar-refractivity contribution >= 4 is 21.5 Å². The summed E-state index contributed by atoms with van der Waals surface area (Å²) in [5.41, 5.74) is 0. The third-order valence-electron chi connectivity index (χ3n) is 1.33. The van der Waals surface area contributed by atoms with Crippen molar-refractivity contribution in [2.45, 2.75) is 6.92 Å². The van der Waals surface area contributed by atoms with Gasteiger partial charge in [0.2, 0.25) is 0 Å². The first-order valence-electron chi connectivity index (χ1n) is 3.82. The molecule has 0 spiro atoms. The zero-order valence-corrected chi connectivity index (χ0v) is 8.76. The van der Waals surface area contributed by atoms with Crippen molar-refractivity contribution in [2.24, 2.45) is 4.36 Å². The molecule has 0 saturated carbocycles. The van der Waals surface area contributed by atoms with Crippen molar-refractivity contribution in [3.8, 4) is 6.07 Å². The fraction of sp³-hybridized carbons (Fsp3) is 0.571. The molecule has 1 unspecified atom stereocenters. The molecule has 78 valence electrons. The van der Waals surface area contributed by atoms with Gasteiger partial charge in [-0.25, -0.2) is 4.21 Å². The molecule has 0 aliphatic rings. The largest absolute Gasteiger partial charge is 0.343 e. The minimum atomic E-state index is -2.61. The summed E-state index contributed by atoms with van der Waals surface area (Å²) in [6.45, 7) is 1.34. The number of hydrogen-bond acceptors (Lipinski definition) is 4. The number of carbonyl (C=O) groups is 2. The number of carbonyl (C=O) groups excluding carboxylic acids is 2. The molecule has 0 fully saturated rings. The van der Waals surface area contributed by atoms with Crippen LogP contribution in [0.2, 0.25) is 0 Å². The van der Waals surface area contributed by atoms with E-state index in [9.17, 15) is 13.8 Å². The van der Waals surface area contributed by atoms with Gasteiger partial charge in [0.05, 0.1) is 15.8 Å².